The average Bonchev–Trinajstić information content (AvgIpc) is 3.25. The zero-order chi connectivity index (χ0) is 46.7. The Morgan fingerprint density at radius 3 is 1.47 bits per heavy atom. The molecule has 0 radical (unpaired) electrons. The molecule has 3 aliphatic heterocycles. The first-order chi connectivity index (χ1) is 30.3. The smallest absolute Gasteiger partial charge is 0.229 e. The molecule has 3 saturated heterocycles. The number of aliphatic hydroxyl groups is 8. The number of hydrogen-bond donors (Lipinski definition) is 8. The van der Waals surface area contributed by atoms with Crippen LogP contribution in [0.4, 0.5) is 0 Å². The fourth-order valence-electron chi connectivity index (χ4n) is 8.17. The van der Waals surface area contributed by atoms with Crippen LogP contribution in [0.15, 0.2) is 48.5 Å². The summed E-state index contributed by atoms with van der Waals surface area (Å²) in [5.41, 5.74) is 4.84. The zero-order valence-corrected chi connectivity index (χ0v) is 38.1. The van der Waals surface area contributed by atoms with Gasteiger partial charge in [0.05, 0.1) is 25.4 Å². The van der Waals surface area contributed by atoms with Gasteiger partial charge in [0.25, 0.3) is 0 Å². The van der Waals surface area contributed by atoms with Crippen molar-refractivity contribution in [2.24, 2.45) is 0 Å². The fraction of sp³-hybridized carbons (Fsp3) is 0.625. The molecule has 0 unspecified atom stereocenters. The van der Waals surface area contributed by atoms with E-state index in [4.69, 9.17) is 37.9 Å². The van der Waals surface area contributed by atoms with Crippen molar-refractivity contribution < 1.29 is 78.7 Å². The average molecular weight is 901 g/mol. The van der Waals surface area contributed by atoms with Gasteiger partial charge in [-0.25, -0.2) is 0 Å². The summed E-state index contributed by atoms with van der Waals surface area (Å²) in [4.78, 5) is 0. The Morgan fingerprint density at radius 1 is 0.547 bits per heavy atom. The largest absolute Gasteiger partial charge is 0.454 e. The van der Waals surface area contributed by atoms with E-state index in [0.29, 0.717) is 17.9 Å². The molecular weight excluding hydrogens is 833 g/mol. The van der Waals surface area contributed by atoms with Crippen LogP contribution >= 0.6 is 0 Å². The highest BCUT2D eigenvalue weighted by Gasteiger charge is 2.53. The molecule has 0 saturated carbocycles. The van der Waals surface area contributed by atoms with E-state index >= 15 is 0 Å². The van der Waals surface area contributed by atoms with Gasteiger partial charge in [0.1, 0.15) is 66.4 Å². The van der Waals surface area contributed by atoms with Crippen LogP contribution < -0.4 is 14.2 Å². The van der Waals surface area contributed by atoms with Gasteiger partial charge in [-0.2, -0.15) is 0 Å². The molecule has 16 heteroatoms. The quantitative estimate of drug-likeness (QED) is 0.0986. The summed E-state index contributed by atoms with van der Waals surface area (Å²) in [6, 6.07) is 15.4. The molecular formula is C48H68O16. The van der Waals surface area contributed by atoms with Crippen molar-refractivity contribution in [2.75, 3.05) is 13.2 Å². The Balaban J connectivity index is 1.27. The third-order valence-corrected chi connectivity index (χ3v) is 12.3. The molecule has 14 atom stereocenters. The number of aryl methyl sites for hydroxylation is 2. The standard InChI is InChI=1S/C48H68O16/c1-10-31-39(52)30(51)19-38(59-31)62-45-36(20-49)60-48(42(55)40(45)53)64-46-37(21-50)61-47(43(56)41(46)54)63-44-34(57-32-13-11-27(22(2)3)15-25(32)8)17-29(24(6)7)18-35(44)58-33-14-12-28(23(4)5)16-26(33)9/h11-18,22-24,30-31,36-43,45-56H,10,19-21H2,1-9H3/t30-,31-,36-,37-,38+,39-,40-,41-,42-,43-,45-,46-,47+,48+/m1/s1. The molecule has 3 fully saturated rings. The van der Waals surface area contributed by atoms with E-state index in [1.54, 1.807) is 6.92 Å². The number of rotatable bonds is 16. The molecule has 0 aromatic heterocycles. The summed E-state index contributed by atoms with van der Waals surface area (Å²) in [6.45, 7) is 16.6. The Hall–Kier alpha value is -3.46. The van der Waals surface area contributed by atoms with Crippen molar-refractivity contribution in [1.29, 1.82) is 0 Å². The molecule has 6 rings (SSSR count). The lowest BCUT2D eigenvalue weighted by Gasteiger charge is -2.47. The van der Waals surface area contributed by atoms with Crippen LogP contribution in [-0.2, 0) is 23.7 Å². The summed E-state index contributed by atoms with van der Waals surface area (Å²) in [5, 5.41) is 87.3. The Morgan fingerprint density at radius 2 is 1.02 bits per heavy atom. The van der Waals surface area contributed by atoms with Gasteiger partial charge in [-0.15, -0.1) is 0 Å². The molecule has 0 aliphatic carbocycles. The predicted octanol–water partition coefficient (Wildman–Crippen LogP) is 4.53. The van der Waals surface area contributed by atoms with Gasteiger partial charge in [0.15, 0.2) is 24.1 Å². The number of aliphatic hydroxyl groups excluding tert-OH is 8. The third kappa shape index (κ3) is 11.0. The van der Waals surface area contributed by atoms with Crippen LogP contribution in [0.5, 0.6) is 28.7 Å². The van der Waals surface area contributed by atoms with E-state index in [1.165, 1.54) is 0 Å². The van der Waals surface area contributed by atoms with E-state index < -0.39 is 99.2 Å². The molecule has 16 nitrogen and oxygen atoms in total. The van der Waals surface area contributed by atoms with Crippen LogP contribution in [0, 0.1) is 13.8 Å². The summed E-state index contributed by atoms with van der Waals surface area (Å²) in [7, 11) is 0. The molecule has 0 spiro atoms. The Bertz CT molecular complexity index is 1910. The van der Waals surface area contributed by atoms with Crippen molar-refractivity contribution >= 4 is 0 Å². The molecule has 3 heterocycles. The van der Waals surface area contributed by atoms with Gasteiger partial charge >= 0.3 is 0 Å². The molecule has 3 aliphatic rings. The number of benzene rings is 3. The van der Waals surface area contributed by atoms with E-state index in [-0.39, 0.29) is 41.4 Å². The highest BCUT2D eigenvalue weighted by atomic mass is 16.8. The maximum Gasteiger partial charge on any atom is 0.229 e. The van der Waals surface area contributed by atoms with Crippen molar-refractivity contribution in [3.63, 3.8) is 0 Å². The maximum absolute atomic E-state index is 11.7. The van der Waals surface area contributed by atoms with E-state index in [2.05, 4.69) is 27.7 Å². The lowest BCUT2D eigenvalue weighted by atomic mass is 9.96. The number of ether oxygens (including phenoxy) is 8. The maximum atomic E-state index is 11.7. The predicted molar refractivity (Wildman–Crippen MR) is 233 cm³/mol. The minimum absolute atomic E-state index is 0.0154. The van der Waals surface area contributed by atoms with Crippen LogP contribution in [0.25, 0.3) is 0 Å². The first-order valence-electron chi connectivity index (χ1n) is 22.3. The van der Waals surface area contributed by atoms with Gasteiger partial charge in [0.2, 0.25) is 12.0 Å². The molecule has 3 aromatic rings. The first kappa shape index (κ1) is 50.0. The van der Waals surface area contributed by atoms with E-state index in [1.807, 2.05) is 76.2 Å². The summed E-state index contributed by atoms with van der Waals surface area (Å²) < 4.78 is 49.3. The molecule has 64 heavy (non-hydrogen) atoms. The number of hydrogen-bond acceptors (Lipinski definition) is 16. The topological polar surface area (TPSA) is 236 Å². The second-order valence-electron chi connectivity index (χ2n) is 18.1. The highest BCUT2D eigenvalue weighted by Crippen LogP contribution is 2.47. The summed E-state index contributed by atoms with van der Waals surface area (Å²) >= 11 is 0. The monoisotopic (exact) mass is 900 g/mol. The van der Waals surface area contributed by atoms with Gasteiger partial charge in [0, 0.05) is 6.42 Å². The normalized spacial score (nSPS) is 32.3. The first-order valence-corrected chi connectivity index (χ1v) is 22.3. The van der Waals surface area contributed by atoms with Crippen molar-refractivity contribution in [3.8, 4) is 28.7 Å². The van der Waals surface area contributed by atoms with E-state index in [0.717, 1.165) is 27.8 Å². The highest BCUT2D eigenvalue weighted by molar-refractivity contribution is 5.58. The fourth-order valence-corrected chi connectivity index (χ4v) is 8.17. The second-order valence-corrected chi connectivity index (χ2v) is 18.1. The Labute approximate surface area is 375 Å². The summed E-state index contributed by atoms with van der Waals surface area (Å²) in [6.07, 6.45) is -20.3. The van der Waals surface area contributed by atoms with E-state index in [9.17, 15) is 40.9 Å². The molecule has 8 N–H and O–H groups in total. The lowest BCUT2D eigenvalue weighted by molar-refractivity contribution is -0.368. The van der Waals surface area contributed by atoms with Crippen LogP contribution in [0.3, 0.4) is 0 Å². The van der Waals surface area contributed by atoms with Gasteiger partial charge in [-0.05, 0) is 90.1 Å². The second kappa shape index (κ2) is 21.4. The minimum atomic E-state index is -1.85. The molecule has 3 aromatic carbocycles. The van der Waals surface area contributed by atoms with Crippen molar-refractivity contribution in [3.05, 3.63) is 76.3 Å². The van der Waals surface area contributed by atoms with Crippen molar-refractivity contribution in [1.82, 2.24) is 0 Å². The molecule has 356 valence electrons. The molecule has 0 bridgehead atoms. The minimum Gasteiger partial charge on any atom is -0.454 e. The van der Waals surface area contributed by atoms with Gasteiger partial charge < -0.3 is 78.7 Å². The zero-order valence-electron chi connectivity index (χ0n) is 38.1. The SMILES string of the molecule is CC[C@H]1O[C@@H](O[C@H]2[C@H](O)[C@@H](O)[C@H](O[C@H]3[C@H](O)[C@@H](O)[C@H](Oc4c(Oc5ccc(C(C)C)cc5C)cc(C(C)C)cc4Oc4ccc(C(C)C)cc4C)O[C@@H]3CO)O[C@@H]2CO)C[C@@H](O)[C@H]1O. The van der Waals surface area contributed by atoms with Crippen LogP contribution in [0.2, 0.25) is 0 Å². The summed E-state index contributed by atoms with van der Waals surface area (Å²) in [5.74, 6) is 2.17. The third-order valence-electron chi connectivity index (χ3n) is 12.3. The van der Waals surface area contributed by atoms with Crippen molar-refractivity contribution in [2.45, 2.75) is 179 Å². The van der Waals surface area contributed by atoms with Crippen LogP contribution in [-0.4, -0.2) is 140 Å². The van der Waals surface area contributed by atoms with Crippen LogP contribution in [0.1, 0.15) is 107 Å². The molecule has 0 amide bonds. The Kier molecular flexibility index (Phi) is 16.7. The van der Waals surface area contributed by atoms with Gasteiger partial charge in [-0.1, -0.05) is 72.7 Å². The lowest BCUT2D eigenvalue weighted by Crippen LogP contribution is -2.65. The van der Waals surface area contributed by atoms with Gasteiger partial charge in [-0.3, -0.25) is 0 Å².